The maximum Gasteiger partial charge on any atom is 0.220 e. The zero-order chi connectivity index (χ0) is 13.0. The zero-order valence-corrected chi connectivity index (χ0v) is 11.1. The Kier molecular flexibility index (Phi) is 4.36. The van der Waals surface area contributed by atoms with Crippen LogP contribution in [0.2, 0.25) is 0 Å². The van der Waals surface area contributed by atoms with Crippen molar-refractivity contribution in [2.75, 3.05) is 13.7 Å². The fourth-order valence-corrected chi connectivity index (χ4v) is 2.43. The summed E-state index contributed by atoms with van der Waals surface area (Å²) in [6, 6.07) is 1.73. The van der Waals surface area contributed by atoms with Crippen molar-refractivity contribution in [1.29, 1.82) is 0 Å². The van der Waals surface area contributed by atoms with Crippen LogP contribution in [0.25, 0.3) is 0 Å². The molecule has 0 spiro atoms. The summed E-state index contributed by atoms with van der Waals surface area (Å²) in [7, 11) is 1.59. The number of aryl methyl sites for hydroxylation is 1. The second-order valence-electron chi connectivity index (χ2n) is 4.73. The Bertz CT molecular complexity index is 398. The van der Waals surface area contributed by atoms with Gasteiger partial charge in [0.05, 0.1) is 13.2 Å². The number of ether oxygens (including phenoxy) is 2. The molecule has 0 amide bonds. The van der Waals surface area contributed by atoms with E-state index in [9.17, 15) is 0 Å². The first-order chi connectivity index (χ1) is 8.72. The maximum atomic E-state index is 5.97. The van der Waals surface area contributed by atoms with Gasteiger partial charge in [-0.15, -0.1) is 0 Å². The molecule has 1 aliphatic rings. The van der Waals surface area contributed by atoms with Gasteiger partial charge in [-0.05, 0) is 32.7 Å². The maximum absolute atomic E-state index is 5.97. The molecule has 18 heavy (non-hydrogen) atoms. The predicted octanol–water partition coefficient (Wildman–Crippen LogP) is 1.69. The lowest BCUT2D eigenvalue weighted by Crippen LogP contribution is -2.35. The molecule has 5 nitrogen and oxygen atoms in total. The first-order valence-corrected chi connectivity index (χ1v) is 6.49. The van der Waals surface area contributed by atoms with Crippen molar-refractivity contribution in [3.8, 4) is 11.8 Å². The molecule has 1 fully saturated rings. The van der Waals surface area contributed by atoms with Gasteiger partial charge in [-0.1, -0.05) is 6.42 Å². The van der Waals surface area contributed by atoms with Crippen LogP contribution in [0.1, 0.15) is 31.5 Å². The summed E-state index contributed by atoms with van der Waals surface area (Å²) < 4.78 is 11.1. The van der Waals surface area contributed by atoms with Crippen LogP contribution >= 0.6 is 0 Å². The highest BCUT2D eigenvalue weighted by Gasteiger charge is 2.26. The summed E-state index contributed by atoms with van der Waals surface area (Å²) in [5.41, 5.74) is 5.80. The molecule has 1 aromatic heterocycles. The normalized spacial score (nSPS) is 23.7. The summed E-state index contributed by atoms with van der Waals surface area (Å²) in [5.74, 6) is 2.21. The molecule has 2 unspecified atom stereocenters. The van der Waals surface area contributed by atoms with Crippen LogP contribution in [0.4, 0.5) is 0 Å². The molecule has 2 N–H and O–H groups in total. The van der Waals surface area contributed by atoms with Gasteiger partial charge in [-0.3, -0.25) is 0 Å². The third kappa shape index (κ3) is 3.10. The van der Waals surface area contributed by atoms with Crippen LogP contribution in [0.3, 0.4) is 0 Å². The smallest absolute Gasteiger partial charge is 0.220 e. The van der Waals surface area contributed by atoms with Gasteiger partial charge in [0.1, 0.15) is 11.9 Å². The highest BCUT2D eigenvalue weighted by molar-refractivity contribution is 5.20. The SMILES string of the molecule is COc1cc(OC2CCCCC2CN)nc(C)n1. The summed E-state index contributed by atoms with van der Waals surface area (Å²) >= 11 is 0. The van der Waals surface area contributed by atoms with Crippen LogP contribution in [-0.2, 0) is 0 Å². The van der Waals surface area contributed by atoms with Gasteiger partial charge in [0, 0.05) is 5.92 Å². The van der Waals surface area contributed by atoms with Crippen LogP contribution in [0.15, 0.2) is 6.07 Å². The lowest BCUT2D eigenvalue weighted by molar-refractivity contribution is 0.0915. The van der Waals surface area contributed by atoms with E-state index in [0.29, 0.717) is 30.0 Å². The van der Waals surface area contributed by atoms with Crippen LogP contribution in [0, 0.1) is 12.8 Å². The minimum Gasteiger partial charge on any atom is -0.481 e. The number of aromatic nitrogens is 2. The molecular weight excluding hydrogens is 230 g/mol. The molecule has 1 aromatic rings. The van der Waals surface area contributed by atoms with E-state index in [1.54, 1.807) is 13.2 Å². The number of nitrogens with two attached hydrogens (primary N) is 1. The van der Waals surface area contributed by atoms with Crippen molar-refractivity contribution < 1.29 is 9.47 Å². The quantitative estimate of drug-likeness (QED) is 0.881. The van der Waals surface area contributed by atoms with Crippen molar-refractivity contribution in [2.45, 2.75) is 38.7 Å². The van der Waals surface area contributed by atoms with Crippen molar-refractivity contribution in [3.63, 3.8) is 0 Å². The van der Waals surface area contributed by atoms with Crippen LogP contribution in [0.5, 0.6) is 11.8 Å². The van der Waals surface area contributed by atoms with E-state index in [-0.39, 0.29) is 6.10 Å². The lowest BCUT2D eigenvalue weighted by atomic mass is 9.86. The predicted molar refractivity (Wildman–Crippen MR) is 68.7 cm³/mol. The Balaban J connectivity index is 2.09. The highest BCUT2D eigenvalue weighted by atomic mass is 16.5. The van der Waals surface area contributed by atoms with Crippen LogP contribution in [-0.4, -0.2) is 29.7 Å². The summed E-state index contributed by atoms with van der Waals surface area (Å²) in [6.45, 7) is 2.50. The first kappa shape index (κ1) is 13.1. The molecule has 0 aromatic carbocycles. The standard InChI is InChI=1S/C13H21N3O2/c1-9-15-12(17-2)7-13(16-9)18-11-6-4-3-5-10(11)8-14/h7,10-11H,3-6,8,14H2,1-2H3. The molecule has 2 rings (SSSR count). The van der Waals surface area contributed by atoms with Gasteiger partial charge < -0.3 is 15.2 Å². The molecule has 100 valence electrons. The number of rotatable bonds is 4. The van der Waals surface area contributed by atoms with E-state index >= 15 is 0 Å². The monoisotopic (exact) mass is 251 g/mol. The van der Waals surface area contributed by atoms with E-state index in [1.807, 2.05) is 6.92 Å². The molecule has 1 heterocycles. The van der Waals surface area contributed by atoms with Gasteiger partial charge in [0.2, 0.25) is 11.8 Å². The number of nitrogens with zero attached hydrogens (tertiary/aromatic N) is 2. The fraction of sp³-hybridized carbons (Fsp3) is 0.692. The Labute approximate surface area is 108 Å². The van der Waals surface area contributed by atoms with Gasteiger partial charge in [0.25, 0.3) is 0 Å². The lowest BCUT2D eigenvalue weighted by Gasteiger charge is -2.30. The molecule has 1 saturated carbocycles. The number of methoxy groups -OCH3 is 1. The van der Waals surface area contributed by atoms with Gasteiger partial charge in [-0.25, -0.2) is 0 Å². The van der Waals surface area contributed by atoms with E-state index in [1.165, 1.54) is 12.8 Å². The van der Waals surface area contributed by atoms with Crippen molar-refractivity contribution >= 4 is 0 Å². The van der Waals surface area contributed by atoms with E-state index < -0.39 is 0 Å². The molecule has 2 atom stereocenters. The molecule has 0 saturated heterocycles. The molecular formula is C13H21N3O2. The topological polar surface area (TPSA) is 70.3 Å². The molecule has 5 heteroatoms. The van der Waals surface area contributed by atoms with E-state index in [0.717, 1.165) is 12.8 Å². The Hall–Kier alpha value is -1.36. The second-order valence-corrected chi connectivity index (χ2v) is 4.73. The summed E-state index contributed by atoms with van der Waals surface area (Å²) in [4.78, 5) is 8.44. The Morgan fingerprint density at radius 1 is 1.28 bits per heavy atom. The van der Waals surface area contributed by atoms with E-state index in [2.05, 4.69) is 9.97 Å². The van der Waals surface area contributed by atoms with Gasteiger partial charge in [0.15, 0.2) is 0 Å². The second kappa shape index (κ2) is 6.00. The number of hydrogen-bond donors (Lipinski definition) is 1. The number of hydrogen-bond acceptors (Lipinski definition) is 5. The molecule has 0 aliphatic heterocycles. The summed E-state index contributed by atoms with van der Waals surface area (Å²) in [5, 5.41) is 0. The van der Waals surface area contributed by atoms with Crippen molar-refractivity contribution in [3.05, 3.63) is 11.9 Å². The average molecular weight is 251 g/mol. The molecule has 0 radical (unpaired) electrons. The Morgan fingerprint density at radius 3 is 2.72 bits per heavy atom. The van der Waals surface area contributed by atoms with Gasteiger partial charge in [-0.2, -0.15) is 9.97 Å². The largest absolute Gasteiger partial charge is 0.481 e. The van der Waals surface area contributed by atoms with Crippen LogP contribution < -0.4 is 15.2 Å². The van der Waals surface area contributed by atoms with Crippen molar-refractivity contribution in [2.24, 2.45) is 11.7 Å². The third-order valence-electron chi connectivity index (χ3n) is 3.41. The first-order valence-electron chi connectivity index (χ1n) is 6.49. The minimum atomic E-state index is 0.169. The third-order valence-corrected chi connectivity index (χ3v) is 3.41. The van der Waals surface area contributed by atoms with E-state index in [4.69, 9.17) is 15.2 Å². The average Bonchev–Trinajstić information content (AvgIpc) is 2.38. The summed E-state index contributed by atoms with van der Waals surface area (Å²) in [6.07, 6.45) is 4.80. The highest BCUT2D eigenvalue weighted by Crippen LogP contribution is 2.28. The Morgan fingerprint density at radius 2 is 2.00 bits per heavy atom. The van der Waals surface area contributed by atoms with Gasteiger partial charge >= 0.3 is 0 Å². The minimum absolute atomic E-state index is 0.169. The zero-order valence-electron chi connectivity index (χ0n) is 11.1. The fourth-order valence-electron chi connectivity index (χ4n) is 2.43. The molecule has 1 aliphatic carbocycles. The molecule has 0 bridgehead atoms. The van der Waals surface area contributed by atoms with Crippen molar-refractivity contribution in [1.82, 2.24) is 9.97 Å².